The van der Waals surface area contributed by atoms with Gasteiger partial charge in [-0.2, -0.15) is 4.37 Å². The lowest BCUT2D eigenvalue weighted by Gasteiger charge is -2.32. The number of nitrogens with zero attached hydrogens (tertiary/aromatic N) is 2. The first-order chi connectivity index (χ1) is 15.0. The minimum absolute atomic E-state index is 0.0614. The molecule has 5 N–H and O–H groups in total. The Kier molecular flexibility index (Phi) is 8.77. The molecule has 0 spiro atoms. The molecule has 0 aliphatic carbocycles. The summed E-state index contributed by atoms with van der Waals surface area (Å²) < 4.78 is 3.96. The summed E-state index contributed by atoms with van der Waals surface area (Å²) in [6.07, 6.45) is 1.29. The van der Waals surface area contributed by atoms with Gasteiger partial charge in [0.05, 0.1) is 5.69 Å². The summed E-state index contributed by atoms with van der Waals surface area (Å²) in [5.41, 5.74) is 12.7. The largest absolute Gasteiger partial charge is 0.395 e. The van der Waals surface area contributed by atoms with Crippen LogP contribution in [0.15, 0.2) is 24.3 Å². The molecule has 0 aliphatic rings. The van der Waals surface area contributed by atoms with Crippen LogP contribution in [0.25, 0.3) is 0 Å². The monoisotopic (exact) mass is 459 g/mol. The Labute approximate surface area is 193 Å². The molecule has 32 heavy (non-hydrogen) atoms. The second kappa shape index (κ2) is 11.1. The summed E-state index contributed by atoms with van der Waals surface area (Å²) in [5.74, 6) is -0.922. The van der Waals surface area contributed by atoms with Crippen molar-refractivity contribution in [2.24, 2.45) is 17.6 Å². The van der Waals surface area contributed by atoms with E-state index >= 15 is 0 Å². The minimum atomic E-state index is -0.801. The molecule has 9 heteroatoms. The van der Waals surface area contributed by atoms with Crippen LogP contribution in [0.2, 0.25) is 0 Å². The molecule has 0 bridgehead atoms. The molecule has 174 valence electrons. The number of nitrogens with two attached hydrogens (primary N) is 2. The van der Waals surface area contributed by atoms with Gasteiger partial charge in [-0.3, -0.25) is 19.3 Å². The molecule has 2 rings (SSSR count). The number of aromatic nitrogens is 1. The van der Waals surface area contributed by atoms with Crippen molar-refractivity contribution in [3.8, 4) is 0 Å². The first-order valence-corrected chi connectivity index (χ1v) is 11.5. The smallest absolute Gasteiger partial charge is 0.272 e. The zero-order valence-corrected chi connectivity index (χ0v) is 20.2. The number of amides is 3. The van der Waals surface area contributed by atoms with Crippen LogP contribution >= 0.6 is 11.5 Å². The third-order valence-electron chi connectivity index (χ3n) is 4.98. The van der Waals surface area contributed by atoms with E-state index in [1.165, 1.54) is 4.90 Å². The zero-order valence-electron chi connectivity index (χ0n) is 19.3. The molecular weight excluding hydrogens is 426 g/mol. The molecule has 8 nitrogen and oxygen atoms in total. The molecular formula is C23H33N5O3S. The van der Waals surface area contributed by atoms with Crippen LogP contribution < -0.4 is 21.7 Å². The molecule has 0 radical (unpaired) electrons. The quantitative estimate of drug-likeness (QED) is 0.501. The van der Waals surface area contributed by atoms with Gasteiger partial charge in [0, 0.05) is 12.2 Å². The summed E-state index contributed by atoms with van der Waals surface area (Å²) >= 11 is 0.811. The Morgan fingerprint density at radius 1 is 1.16 bits per heavy atom. The Hall–Kier alpha value is -2.94. The highest BCUT2D eigenvalue weighted by molar-refractivity contribution is 7.09. The first kappa shape index (κ1) is 25.3. The van der Waals surface area contributed by atoms with Gasteiger partial charge in [-0.05, 0) is 60.8 Å². The average Bonchev–Trinajstić information content (AvgIpc) is 3.08. The van der Waals surface area contributed by atoms with Crippen molar-refractivity contribution < 1.29 is 14.4 Å². The van der Waals surface area contributed by atoms with Gasteiger partial charge >= 0.3 is 0 Å². The standard InChI is InChI=1S/C23H33N5O3S/c1-13(2)9-10-26-22(30)17(11-14(3)4)28(16-8-6-7-15(5)12-16)23(31)20-18(24)19(21(25)29)27-32-20/h6-8,12-14,17H,9-11,24H2,1-5H3,(H2,25,29)(H,26,30)/t17-/m1/s1. The van der Waals surface area contributed by atoms with E-state index in [0.29, 0.717) is 24.6 Å². The van der Waals surface area contributed by atoms with Crippen molar-refractivity contribution >= 4 is 40.6 Å². The number of hydrogen-bond acceptors (Lipinski definition) is 6. The second-order valence-electron chi connectivity index (χ2n) is 8.77. The molecule has 1 aromatic carbocycles. The number of aryl methyl sites for hydroxylation is 1. The lowest BCUT2D eigenvalue weighted by Crippen LogP contribution is -2.51. The Balaban J connectivity index is 2.53. The lowest BCUT2D eigenvalue weighted by molar-refractivity contribution is -0.122. The summed E-state index contributed by atoms with van der Waals surface area (Å²) in [7, 11) is 0. The van der Waals surface area contributed by atoms with Crippen molar-refractivity contribution in [2.75, 3.05) is 17.2 Å². The number of primary amides is 1. The maximum atomic E-state index is 13.7. The lowest BCUT2D eigenvalue weighted by atomic mass is 9.99. The van der Waals surface area contributed by atoms with Crippen LogP contribution in [0, 0.1) is 18.8 Å². The number of rotatable bonds is 10. The summed E-state index contributed by atoms with van der Waals surface area (Å²) in [4.78, 5) is 40.1. The van der Waals surface area contributed by atoms with Gasteiger partial charge in [0.2, 0.25) is 5.91 Å². The Bertz CT molecular complexity index is 970. The average molecular weight is 460 g/mol. The van der Waals surface area contributed by atoms with E-state index in [4.69, 9.17) is 11.5 Å². The first-order valence-electron chi connectivity index (χ1n) is 10.8. The highest BCUT2D eigenvalue weighted by Gasteiger charge is 2.35. The highest BCUT2D eigenvalue weighted by Crippen LogP contribution is 2.29. The Morgan fingerprint density at radius 2 is 1.84 bits per heavy atom. The van der Waals surface area contributed by atoms with E-state index < -0.39 is 17.9 Å². The van der Waals surface area contributed by atoms with Crippen LogP contribution in [-0.2, 0) is 4.79 Å². The van der Waals surface area contributed by atoms with E-state index in [-0.39, 0.29) is 28.1 Å². The van der Waals surface area contributed by atoms with Crippen molar-refractivity contribution in [1.82, 2.24) is 9.69 Å². The van der Waals surface area contributed by atoms with Crippen LogP contribution in [0.5, 0.6) is 0 Å². The van der Waals surface area contributed by atoms with Gasteiger partial charge in [0.15, 0.2) is 5.69 Å². The fourth-order valence-corrected chi connectivity index (χ4v) is 4.08. The van der Waals surface area contributed by atoms with Crippen molar-refractivity contribution in [2.45, 2.75) is 53.5 Å². The van der Waals surface area contributed by atoms with Crippen molar-refractivity contribution in [3.63, 3.8) is 0 Å². The SMILES string of the molecule is Cc1cccc(N(C(=O)c2snc(C(N)=O)c2N)[C@H](CC(C)C)C(=O)NCCC(C)C)c1. The molecule has 2 aromatic rings. The normalized spacial score (nSPS) is 12.1. The molecule has 0 saturated heterocycles. The number of carbonyl (C=O) groups excluding carboxylic acids is 3. The van der Waals surface area contributed by atoms with Gasteiger partial charge in [-0.1, -0.05) is 39.8 Å². The van der Waals surface area contributed by atoms with Gasteiger partial charge in [-0.25, -0.2) is 0 Å². The van der Waals surface area contributed by atoms with E-state index in [1.54, 1.807) is 6.07 Å². The summed E-state index contributed by atoms with van der Waals surface area (Å²) in [5, 5.41) is 2.98. The molecule has 3 amide bonds. The molecule has 1 aromatic heterocycles. The molecule has 1 heterocycles. The number of benzene rings is 1. The van der Waals surface area contributed by atoms with Crippen molar-refractivity contribution in [1.29, 1.82) is 0 Å². The number of carbonyl (C=O) groups is 3. The fourth-order valence-electron chi connectivity index (χ4n) is 3.33. The maximum absolute atomic E-state index is 13.7. The Morgan fingerprint density at radius 3 is 2.38 bits per heavy atom. The molecule has 1 atom stereocenters. The van der Waals surface area contributed by atoms with E-state index in [2.05, 4.69) is 23.5 Å². The van der Waals surface area contributed by atoms with Crippen LogP contribution in [0.4, 0.5) is 11.4 Å². The zero-order chi connectivity index (χ0) is 24.0. The predicted molar refractivity (Wildman–Crippen MR) is 129 cm³/mol. The summed E-state index contributed by atoms with van der Waals surface area (Å²) in [6.45, 7) is 10.6. The van der Waals surface area contributed by atoms with Gasteiger partial charge in [-0.15, -0.1) is 0 Å². The van der Waals surface area contributed by atoms with E-state index in [0.717, 1.165) is 23.5 Å². The van der Waals surface area contributed by atoms with Crippen LogP contribution in [0.1, 0.15) is 66.3 Å². The molecule has 0 fully saturated rings. The molecule has 0 aliphatic heterocycles. The topological polar surface area (TPSA) is 131 Å². The molecule has 0 unspecified atom stereocenters. The molecule has 0 saturated carbocycles. The van der Waals surface area contributed by atoms with Gasteiger partial charge in [0.25, 0.3) is 11.8 Å². The highest BCUT2D eigenvalue weighted by atomic mass is 32.1. The van der Waals surface area contributed by atoms with E-state index in [1.807, 2.05) is 39.0 Å². The second-order valence-corrected chi connectivity index (χ2v) is 9.54. The van der Waals surface area contributed by atoms with Gasteiger partial charge in [0.1, 0.15) is 10.9 Å². The number of anilines is 2. The van der Waals surface area contributed by atoms with Crippen LogP contribution in [0.3, 0.4) is 0 Å². The van der Waals surface area contributed by atoms with Gasteiger partial charge < -0.3 is 16.8 Å². The number of nitrogens with one attached hydrogen (secondary N) is 1. The predicted octanol–water partition coefficient (Wildman–Crippen LogP) is 3.36. The van der Waals surface area contributed by atoms with Crippen molar-refractivity contribution in [3.05, 3.63) is 40.4 Å². The number of hydrogen-bond donors (Lipinski definition) is 3. The van der Waals surface area contributed by atoms with Crippen LogP contribution in [-0.4, -0.2) is 34.7 Å². The third kappa shape index (κ3) is 6.29. The van der Waals surface area contributed by atoms with E-state index in [9.17, 15) is 14.4 Å². The minimum Gasteiger partial charge on any atom is -0.395 e. The fraction of sp³-hybridized carbons (Fsp3) is 0.478. The maximum Gasteiger partial charge on any atom is 0.272 e. The summed E-state index contributed by atoms with van der Waals surface area (Å²) in [6, 6.07) is 6.62. The third-order valence-corrected chi connectivity index (χ3v) is 5.84. The number of nitrogen functional groups attached to an aromatic ring is 1.